The van der Waals surface area contributed by atoms with E-state index >= 15 is 0 Å². The second-order valence-electron chi connectivity index (χ2n) is 3.04. The molecule has 1 nitrogen and oxygen atoms in total. The molecule has 70 valence electrons. The van der Waals surface area contributed by atoms with Crippen LogP contribution in [0.15, 0.2) is 18.2 Å². The van der Waals surface area contributed by atoms with Gasteiger partial charge in [-0.1, -0.05) is 36.4 Å². The minimum Gasteiger partial charge on any atom is -0.282 e. The summed E-state index contributed by atoms with van der Waals surface area (Å²) in [6.45, 7) is 6.01. The predicted octanol–water partition coefficient (Wildman–Crippen LogP) is 3.20. The lowest BCUT2D eigenvalue weighted by Crippen LogP contribution is -1.97. The summed E-state index contributed by atoms with van der Waals surface area (Å²) in [5, 5.41) is 0.181. The molecule has 0 aliphatic heterocycles. The van der Waals surface area contributed by atoms with Gasteiger partial charge in [0.1, 0.15) is 0 Å². The molecule has 1 rings (SSSR count). The molecule has 13 heavy (non-hydrogen) atoms. The molecule has 0 aliphatic rings. The van der Waals surface area contributed by atoms with Gasteiger partial charge in [-0.3, -0.25) is 4.79 Å². The molecule has 0 amide bonds. The highest BCUT2D eigenvalue weighted by Crippen LogP contribution is 2.17. The van der Waals surface area contributed by atoms with Crippen molar-refractivity contribution in [1.29, 1.82) is 0 Å². The molecule has 0 aliphatic carbocycles. The van der Waals surface area contributed by atoms with Crippen LogP contribution in [-0.4, -0.2) is 10.9 Å². The van der Waals surface area contributed by atoms with E-state index in [0.29, 0.717) is 0 Å². The van der Waals surface area contributed by atoms with Crippen LogP contribution in [-0.2, 0) is 0 Å². The normalized spacial score (nSPS) is 10.1. The summed E-state index contributed by atoms with van der Waals surface area (Å²) in [7, 11) is 0. The number of carbonyl (C=O) groups excluding carboxylic acids is 1. The van der Waals surface area contributed by atoms with Crippen molar-refractivity contribution in [3.63, 3.8) is 0 Å². The lowest BCUT2D eigenvalue weighted by molar-refractivity contribution is 0.108. The summed E-state index contributed by atoms with van der Waals surface area (Å²) in [4.78, 5) is 11.5. The third-order valence-corrected chi connectivity index (χ3v) is 2.65. The Morgan fingerprint density at radius 1 is 1.38 bits per heavy atom. The van der Waals surface area contributed by atoms with Crippen molar-refractivity contribution in [3.05, 3.63) is 34.9 Å². The topological polar surface area (TPSA) is 17.1 Å². The molecule has 0 radical (unpaired) electrons. The van der Waals surface area contributed by atoms with E-state index in [1.165, 1.54) is 17.3 Å². The Bertz CT molecular complexity index is 318. The number of hydrogen-bond acceptors (Lipinski definition) is 2. The Kier molecular flexibility index (Phi) is 3.55. The van der Waals surface area contributed by atoms with Gasteiger partial charge in [-0.05, 0) is 31.2 Å². The molecule has 0 aromatic heterocycles. The van der Waals surface area contributed by atoms with Crippen LogP contribution >= 0.6 is 11.8 Å². The molecular weight excluding hydrogens is 180 g/mol. The van der Waals surface area contributed by atoms with Crippen molar-refractivity contribution in [1.82, 2.24) is 0 Å². The average molecular weight is 194 g/mol. The summed E-state index contributed by atoms with van der Waals surface area (Å²) in [6, 6.07) is 5.94. The van der Waals surface area contributed by atoms with Crippen molar-refractivity contribution >= 4 is 16.9 Å². The van der Waals surface area contributed by atoms with E-state index in [1.54, 1.807) is 0 Å². The van der Waals surface area contributed by atoms with E-state index in [0.717, 1.165) is 16.9 Å². The van der Waals surface area contributed by atoms with E-state index in [1.807, 2.05) is 39.0 Å². The maximum atomic E-state index is 11.5. The number of carbonyl (C=O) groups is 1. The number of rotatable bonds is 2. The number of hydrogen-bond donors (Lipinski definition) is 0. The van der Waals surface area contributed by atoms with Gasteiger partial charge >= 0.3 is 0 Å². The zero-order chi connectivity index (χ0) is 9.84. The molecule has 0 bridgehead atoms. The Hall–Kier alpha value is -0.760. The van der Waals surface area contributed by atoms with Gasteiger partial charge in [-0.15, -0.1) is 0 Å². The monoisotopic (exact) mass is 194 g/mol. The van der Waals surface area contributed by atoms with Crippen LogP contribution in [0.4, 0.5) is 0 Å². The number of thioether (sulfide) groups is 1. The first-order valence-electron chi connectivity index (χ1n) is 4.39. The molecule has 0 N–H and O–H groups in total. The van der Waals surface area contributed by atoms with Gasteiger partial charge in [0.2, 0.25) is 5.12 Å². The fourth-order valence-electron chi connectivity index (χ4n) is 1.25. The summed E-state index contributed by atoms with van der Waals surface area (Å²) < 4.78 is 0. The lowest BCUT2D eigenvalue weighted by Gasteiger charge is -2.03. The van der Waals surface area contributed by atoms with Crippen LogP contribution in [0, 0.1) is 13.8 Å². The molecular formula is C11H14OS. The highest BCUT2D eigenvalue weighted by atomic mass is 32.2. The molecule has 0 spiro atoms. The van der Waals surface area contributed by atoms with Crippen molar-refractivity contribution in [2.75, 3.05) is 5.75 Å². The SMILES string of the molecule is CCSC(=O)c1ccc(C)cc1C. The Balaban J connectivity index is 2.95. The van der Waals surface area contributed by atoms with Crippen LogP contribution in [0.1, 0.15) is 28.4 Å². The van der Waals surface area contributed by atoms with Gasteiger partial charge in [0.15, 0.2) is 0 Å². The second kappa shape index (κ2) is 4.47. The first-order valence-corrected chi connectivity index (χ1v) is 5.38. The van der Waals surface area contributed by atoms with Crippen LogP contribution in [0.5, 0.6) is 0 Å². The van der Waals surface area contributed by atoms with Crippen molar-refractivity contribution < 1.29 is 4.79 Å². The summed E-state index contributed by atoms with van der Waals surface area (Å²) in [6.07, 6.45) is 0. The minimum atomic E-state index is 0.181. The minimum absolute atomic E-state index is 0.181. The lowest BCUT2D eigenvalue weighted by atomic mass is 10.1. The smallest absolute Gasteiger partial charge is 0.219 e. The van der Waals surface area contributed by atoms with Crippen LogP contribution in [0.3, 0.4) is 0 Å². The first kappa shape index (κ1) is 10.3. The van der Waals surface area contributed by atoms with Crippen LogP contribution in [0.2, 0.25) is 0 Å². The quantitative estimate of drug-likeness (QED) is 0.719. The fourth-order valence-corrected chi connectivity index (χ4v) is 1.90. The van der Waals surface area contributed by atoms with Crippen molar-refractivity contribution in [2.24, 2.45) is 0 Å². The van der Waals surface area contributed by atoms with Gasteiger partial charge in [0.05, 0.1) is 0 Å². The molecule has 2 heteroatoms. The summed E-state index contributed by atoms with van der Waals surface area (Å²) in [5.74, 6) is 0.839. The molecule has 0 saturated carbocycles. The van der Waals surface area contributed by atoms with E-state index < -0.39 is 0 Å². The molecule has 0 unspecified atom stereocenters. The molecule has 0 atom stereocenters. The predicted molar refractivity (Wildman–Crippen MR) is 58.4 cm³/mol. The largest absolute Gasteiger partial charge is 0.282 e. The zero-order valence-electron chi connectivity index (χ0n) is 8.26. The third-order valence-electron chi connectivity index (χ3n) is 1.88. The third kappa shape index (κ3) is 2.59. The molecule has 1 aromatic rings. The van der Waals surface area contributed by atoms with E-state index in [2.05, 4.69) is 0 Å². The van der Waals surface area contributed by atoms with Crippen LogP contribution in [0.25, 0.3) is 0 Å². The summed E-state index contributed by atoms with van der Waals surface area (Å²) in [5.41, 5.74) is 3.12. The van der Waals surface area contributed by atoms with E-state index in [-0.39, 0.29) is 5.12 Å². The number of aryl methyl sites for hydroxylation is 2. The van der Waals surface area contributed by atoms with Crippen molar-refractivity contribution in [3.8, 4) is 0 Å². The van der Waals surface area contributed by atoms with E-state index in [4.69, 9.17) is 0 Å². The maximum absolute atomic E-state index is 11.5. The molecule has 0 fully saturated rings. The maximum Gasteiger partial charge on any atom is 0.219 e. The Morgan fingerprint density at radius 2 is 2.08 bits per heavy atom. The zero-order valence-corrected chi connectivity index (χ0v) is 9.07. The van der Waals surface area contributed by atoms with Crippen molar-refractivity contribution in [2.45, 2.75) is 20.8 Å². The van der Waals surface area contributed by atoms with Gasteiger partial charge in [0, 0.05) is 5.56 Å². The standard InChI is InChI=1S/C11H14OS/c1-4-13-11(12)10-6-5-8(2)7-9(10)3/h5-7H,4H2,1-3H3. The second-order valence-corrected chi connectivity index (χ2v) is 4.28. The molecule has 0 saturated heterocycles. The van der Waals surface area contributed by atoms with Gasteiger partial charge in [-0.25, -0.2) is 0 Å². The van der Waals surface area contributed by atoms with Gasteiger partial charge in [0.25, 0.3) is 0 Å². The van der Waals surface area contributed by atoms with Gasteiger partial charge in [-0.2, -0.15) is 0 Å². The summed E-state index contributed by atoms with van der Waals surface area (Å²) >= 11 is 1.37. The Morgan fingerprint density at radius 3 is 2.62 bits per heavy atom. The molecule has 1 aromatic carbocycles. The first-order chi connectivity index (χ1) is 6.15. The number of benzene rings is 1. The van der Waals surface area contributed by atoms with Crippen LogP contribution < -0.4 is 0 Å². The van der Waals surface area contributed by atoms with E-state index in [9.17, 15) is 4.79 Å². The highest BCUT2D eigenvalue weighted by molar-refractivity contribution is 8.14. The highest BCUT2D eigenvalue weighted by Gasteiger charge is 2.07. The Labute approximate surface area is 83.5 Å². The van der Waals surface area contributed by atoms with Gasteiger partial charge < -0.3 is 0 Å². The fraction of sp³-hybridized carbons (Fsp3) is 0.364. The average Bonchev–Trinajstić information content (AvgIpc) is 2.04. The molecule has 0 heterocycles.